The second kappa shape index (κ2) is 5.31. The number of amides is 2. The van der Waals surface area contributed by atoms with E-state index in [9.17, 15) is 14.7 Å². The van der Waals surface area contributed by atoms with Crippen LogP contribution >= 0.6 is 0 Å². The Kier molecular flexibility index (Phi) is 4.76. The molecule has 0 fully saturated rings. The predicted octanol–water partition coefficient (Wildman–Crippen LogP) is 0.797. The van der Waals surface area contributed by atoms with Crippen LogP contribution in [0.25, 0.3) is 0 Å². The lowest BCUT2D eigenvalue weighted by Gasteiger charge is -2.21. The van der Waals surface area contributed by atoms with E-state index in [0.717, 1.165) is 0 Å². The van der Waals surface area contributed by atoms with E-state index in [4.69, 9.17) is 5.11 Å². The van der Waals surface area contributed by atoms with Gasteiger partial charge in [0.15, 0.2) is 0 Å². The maximum Gasteiger partial charge on any atom is 0.416 e. The SMILES string of the molecule is C=CCC(=O)N(C(=O)O)C(O)CC. The summed E-state index contributed by atoms with van der Waals surface area (Å²) in [6.45, 7) is 4.89. The molecule has 0 radical (unpaired) electrons. The monoisotopic (exact) mass is 187 g/mol. The Morgan fingerprint density at radius 2 is 2.15 bits per heavy atom. The second-order valence-corrected chi connectivity index (χ2v) is 2.43. The zero-order valence-corrected chi connectivity index (χ0v) is 7.43. The summed E-state index contributed by atoms with van der Waals surface area (Å²) in [5, 5.41) is 17.8. The molecule has 0 aliphatic carbocycles. The van der Waals surface area contributed by atoms with Crippen molar-refractivity contribution >= 4 is 12.0 Å². The number of carbonyl (C=O) groups is 2. The van der Waals surface area contributed by atoms with Gasteiger partial charge in [0.2, 0.25) is 5.91 Å². The standard InChI is InChI=1S/C8H13NO4/c1-3-5-7(11)9(8(12)13)6(10)4-2/h3,6,10H,1,4-5H2,2H3,(H,12,13). The Balaban J connectivity index is 4.50. The van der Waals surface area contributed by atoms with Crippen LogP contribution < -0.4 is 0 Å². The number of aliphatic hydroxyl groups is 1. The molecule has 1 atom stereocenters. The molecule has 0 saturated heterocycles. The summed E-state index contributed by atoms with van der Waals surface area (Å²) in [6.07, 6.45) is -1.34. The van der Waals surface area contributed by atoms with E-state index in [1.807, 2.05) is 0 Å². The molecule has 0 aliphatic rings. The zero-order chi connectivity index (χ0) is 10.4. The molecule has 0 aromatic heterocycles. The number of carbonyl (C=O) groups excluding carboxylic acids is 1. The molecular weight excluding hydrogens is 174 g/mol. The van der Waals surface area contributed by atoms with Crippen LogP contribution in [0.1, 0.15) is 19.8 Å². The third kappa shape index (κ3) is 3.25. The van der Waals surface area contributed by atoms with Crippen LogP contribution in [0.3, 0.4) is 0 Å². The Bertz CT molecular complexity index is 214. The number of carboxylic acid groups (broad SMARTS) is 1. The highest BCUT2D eigenvalue weighted by Crippen LogP contribution is 2.04. The molecule has 0 rings (SSSR count). The molecule has 0 spiro atoms. The van der Waals surface area contributed by atoms with Gasteiger partial charge in [0.05, 0.1) is 0 Å². The van der Waals surface area contributed by atoms with E-state index in [-0.39, 0.29) is 12.8 Å². The Morgan fingerprint density at radius 3 is 2.46 bits per heavy atom. The molecular formula is C8H13NO4. The fourth-order valence-electron chi connectivity index (χ4n) is 0.805. The Labute approximate surface area is 76.3 Å². The Hall–Kier alpha value is -1.36. The van der Waals surface area contributed by atoms with E-state index < -0.39 is 18.2 Å². The molecule has 0 saturated carbocycles. The summed E-state index contributed by atoms with van der Waals surface area (Å²) >= 11 is 0. The maximum atomic E-state index is 11.1. The lowest BCUT2D eigenvalue weighted by molar-refractivity contribution is -0.136. The minimum atomic E-state index is -1.44. The quantitative estimate of drug-likeness (QED) is 0.504. The van der Waals surface area contributed by atoms with Crippen LogP contribution in [0.15, 0.2) is 12.7 Å². The summed E-state index contributed by atoms with van der Waals surface area (Å²) in [6, 6.07) is 0. The lowest BCUT2D eigenvalue weighted by Crippen LogP contribution is -2.43. The van der Waals surface area contributed by atoms with Crippen molar-refractivity contribution in [2.24, 2.45) is 0 Å². The molecule has 0 bridgehead atoms. The highest BCUT2D eigenvalue weighted by molar-refractivity contribution is 5.91. The molecule has 13 heavy (non-hydrogen) atoms. The molecule has 2 N–H and O–H groups in total. The first-order chi connectivity index (χ1) is 6.04. The van der Waals surface area contributed by atoms with Gasteiger partial charge in [-0.05, 0) is 6.42 Å². The molecule has 0 aliphatic heterocycles. The van der Waals surface area contributed by atoms with Gasteiger partial charge in [-0.3, -0.25) is 4.79 Å². The van der Waals surface area contributed by atoms with E-state index in [1.165, 1.54) is 6.08 Å². The van der Waals surface area contributed by atoms with E-state index >= 15 is 0 Å². The smallest absolute Gasteiger partial charge is 0.416 e. The van der Waals surface area contributed by atoms with E-state index in [0.29, 0.717) is 4.90 Å². The van der Waals surface area contributed by atoms with Crippen LogP contribution in [0.5, 0.6) is 0 Å². The van der Waals surface area contributed by atoms with Crippen LogP contribution in [0, 0.1) is 0 Å². The normalized spacial score (nSPS) is 11.8. The van der Waals surface area contributed by atoms with Crippen molar-refractivity contribution in [3.63, 3.8) is 0 Å². The van der Waals surface area contributed by atoms with Gasteiger partial charge in [0, 0.05) is 6.42 Å². The number of hydrogen-bond donors (Lipinski definition) is 2. The summed E-state index contributed by atoms with van der Waals surface area (Å²) in [5.74, 6) is -0.670. The van der Waals surface area contributed by atoms with Crippen molar-refractivity contribution < 1.29 is 19.8 Å². The third-order valence-electron chi connectivity index (χ3n) is 1.46. The van der Waals surface area contributed by atoms with Gasteiger partial charge in [-0.2, -0.15) is 0 Å². The highest BCUT2D eigenvalue weighted by atomic mass is 16.4. The van der Waals surface area contributed by atoms with Crippen molar-refractivity contribution in [2.75, 3.05) is 0 Å². The molecule has 74 valence electrons. The minimum Gasteiger partial charge on any atom is -0.465 e. The van der Waals surface area contributed by atoms with Gasteiger partial charge in [0.25, 0.3) is 0 Å². The summed E-state index contributed by atoms with van der Waals surface area (Å²) in [7, 11) is 0. The van der Waals surface area contributed by atoms with Gasteiger partial charge in [-0.15, -0.1) is 6.58 Å². The van der Waals surface area contributed by atoms with Crippen molar-refractivity contribution in [3.05, 3.63) is 12.7 Å². The van der Waals surface area contributed by atoms with Crippen LogP contribution in [0.2, 0.25) is 0 Å². The topological polar surface area (TPSA) is 77.8 Å². The number of aliphatic hydroxyl groups excluding tert-OH is 1. The average molecular weight is 187 g/mol. The molecule has 0 heterocycles. The van der Waals surface area contributed by atoms with Gasteiger partial charge >= 0.3 is 6.09 Å². The fourth-order valence-corrected chi connectivity index (χ4v) is 0.805. The number of imide groups is 1. The average Bonchev–Trinajstić information content (AvgIpc) is 2.04. The van der Waals surface area contributed by atoms with Gasteiger partial charge in [0.1, 0.15) is 6.23 Å². The number of nitrogens with zero attached hydrogens (tertiary/aromatic N) is 1. The first-order valence-corrected chi connectivity index (χ1v) is 3.88. The molecule has 5 heteroatoms. The summed E-state index contributed by atoms with van der Waals surface area (Å²) < 4.78 is 0. The molecule has 0 aromatic rings. The van der Waals surface area contributed by atoms with Gasteiger partial charge < -0.3 is 10.2 Å². The van der Waals surface area contributed by atoms with Crippen molar-refractivity contribution in [1.82, 2.24) is 4.90 Å². The molecule has 2 amide bonds. The first-order valence-electron chi connectivity index (χ1n) is 3.88. The number of hydrogen-bond acceptors (Lipinski definition) is 3. The van der Waals surface area contributed by atoms with Gasteiger partial charge in [-0.1, -0.05) is 13.0 Å². The van der Waals surface area contributed by atoms with Crippen molar-refractivity contribution in [2.45, 2.75) is 26.0 Å². The largest absolute Gasteiger partial charge is 0.465 e. The predicted molar refractivity (Wildman–Crippen MR) is 46.0 cm³/mol. The van der Waals surface area contributed by atoms with Crippen LogP contribution in [-0.4, -0.2) is 33.3 Å². The van der Waals surface area contributed by atoms with Crippen molar-refractivity contribution in [3.8, 4) is 0 Å². The first kappa shape index (κ1) is 11.6. The van der Waals surface area contributed by atoms with E-state index in [2.05, 4.69) is 6.58 Å². The summed E-state index contributed by atoms with van der Waals surface area (Å²) in [4.78, 5) is 22.0. The lowest BCUT2D eigenvalue weighted by atomic mass is 10.3. The van der Waals surface area contributed by atoms with Crippen LogP contribution in [-0.2, 0) is 4.79 Å². The summed E-state index contributed by atoms with van der Waals surface area (Å²) in [5.41, 5.74) is 0. The molecule has 0 aromatic carbocycles. The molecule has 5 nitrogen and oxygen atoms in total. The second-order valence-electron chi connectivity index (χ2n) is 2.43. The zero-order valence-electron chi connectivity index (χ0n) is 7.43. The van der Waals surface area contributed by atoms with Gasteiger partial charge in [-0.25, -0.2) is 9.69 Å². The van der Waals surface area contributed by atoms with Crippen LogP contribution in [0.4, 0.5) is 4.79 Å². The Morgan fingerprint density at radius 1 is 1.62 bits per heavy atom. The molecule has 1 unspecified atom stereocenters. The number of rotatable bonds is 4. The fraction of sp³-hybridized carbons (Fsp3) is 0.500. The highest BCUT2D eigenvalue weighted by Gasteiger charge is 2.25. The minimum absolute atomic E-state index is 0.0939. The van der Waals surface area contributed by atoms with Crippen molar-refractivity contribution in [1.29, 1.82) is 0 Å². The van der Waals surface area contributed by atoms with E-state index in [1.54, 1.807) is 6.92 Å². The third-order valence-corrected chi connectivity index (χ3v) is 1.46. The maximum absolute atomic E-state index is 11.1.